The van der Waals surface area contributed by atoms with Crippen LogP contribution in [0.4, 0.5) is 8.78 Å². The molecular formula is C16H18F2N2OS. The highest BCUT2D eigenvalue weighted by Gasteiger charge is 2.41. The van der Waals surface area contributed by atoms with E-state index in [1.807, 2.05) is 0 Å². The number of fused-ring (bicyclic) bond motifs is 1. The summed E-state index contributed by atoms with van der Waals surface area (Å²) in [6, 6.07) is 1.06. The van der Waals surface area contributed by atoms with Gasteiger partial charge in [-0.1, -0.05) is 20.8 Å². The van der Waals surface area contributed by atoms with Crippen LogP contribution in [0.5, 0.6) is 5.75 Å². The molecule has 0 saturated heterocycles. The van der Waals surface area contributed by atoms with Crippen molar-refractivity contribution >= 4 is 27.3 Å². The van der Waals surface area contributed by atoms with E-state index in [1.54, 1.807) is 0 Å². The van der Waals surface area contributed by atoms with Crippen molar-refractivity contribution in [2.24, 2.45) is 10.4 Å². The van der Waals surface area contributed by atoms with E-state index >= 15 is 0 Å². The Kier molecular flexibility index (Phi) is 3.29. The Morgan fingerprint density at radius 1 is 1.32 bits per heavy atom. The van der Waals surface area contributed by atoms with E-state index in [4.69, 9.17) is 4.99 Å². The maximum atomic E-state index is 13.9. The minimum atomic E-state index is -0.991. The van der Waals surface area contributed by atoms with Crippen molar-refractivity contribution in [1.82, 2.24) is 4.98 Å². The number of nitrogens with zero attached hydrogens (tertiary/aromatic N) is 2. The average molecular weight is 324 g/mol. The van der Waals surface area contributed by atoms with Gasteiger partial charge in [-0.2, -0.15) is 0 Å². The van der Waals surface area contributed by atoms with Gasteiger partial charge in [0, 0.05) is 6.07 Å². The van der Waals surface area contributed by atoms with E-state index in [2.05, 4.69) is 32.7 Å². The number of aromatic nitrogens is 1. The Bertz CT molecular complexity index is 792. The van der Waals surface area contributed by atoms with Crippen LogP contribution in [0.15, 0.2) is 11.1 Å². The molecule has 0 amide bonds. The summed E-state index contributed by atoms with van der Waals surface area (Å²) >= 11 is 1.11. The van der Waals surface area contributed by atoms with Crippen LogP contribution in [-0.4, -0.2) is 21.3 Å². The topological polar surface area (TPSA) is 45.5 Å². The van der Waals surface area contributed by atoms with Gasteiger partial charge in [-0.25, -0.2) is 13.8 Å². The zero-order chi connectivity index (χ0) is 16.3. The van der Waals surface area contributed by atoms with E-state index in [-0.39, 0.29) is 21.2 Å². The Hall–Kier alpha value is -1.56. The molecule has 1 unspecified atom stereocenters. The average Bonchev–Trinajstić information content (AvgIpc) is 3.00. The third-order valence-electron chi connectivity index (χ3n) is 4.64. The van der Waals surface area contributed by atoms with Gasteiger partial charge in [-0.05, 0) is 25.2 Å². The summed E-state index contributed by atoms with van der Waals surface area (Å²) in [4.78, 5) is 9.12. The van der Waals surface area contributed by atoms with Crippen LogP contribution in [-0.2, 0) is 0 Å². The highest BCUT2D eigenvalue weighted by atomic mass is 32.1. The molecule has 22 heavy (non-hydrogen) atoms. The lowest BCUT2D eigenvalue weighted by Gasteiger charge is -2.35. The first-order chi connectivity index (χ1) is 10.1. The normalized spacial score (nSPS) is 22.4. The molecule has 1 aliphatic rings. The van der Waals surface area contributed by atoms with Crippen molar-refractivity contribution < 1.29 is 13.9 Å². The SMILES string of the molecule is CC(C)(C)C1(C)CCC(c2nc3cc(F)c(O)c(F)c3s2)=N1. The zero-order valence-corrected chi connectivity index (χ0v) is 13.8. The van der Waals surface area contributed by atoms with Gasteiger partial charge < -0.3 is 5.11 Å². The number of benzene rings is 1. The van der Waals surface area contributed by atoms with Crippen molar-refractivity contribution in [3.63, 3.8) is 0 Å². The van der Waals surface area contributed by atoms with Gasteiger partial charge in [0.25, 0.3) is 0 Å². The highest BCUT2D eigenvalue weighted by molar-refractivity contribution is 7.20. The molecule has 1 atom stereocenters. The number of rotatable bonds is 1. The van der Waals surface area contributed by atoms with Gasteiger partial charge in [0.1, 0.15) is 5.01 Å². The van der Waals surface area contributed by atoms with Gasteiger partial charge in [-0.15, -0.1) is 11.3 Å². The second-order valence-electron chi connectivity index (χ2n) is 6.97. The minimum Gasteiger partial charge on any atom is -0.503 e. The Labute approximate surface area is 131 Å². The summed E-state index contributed by atoms with van der Waals surface area (Å²) in [5.41, 5.74) is 0.880. The Balaban J connectivity index is 2.09. The molecule has 2 aromatic rings. The van der Waals surface area contributed by atoms with Crippen molar-refractivity contribution in [3.8, 4) is 5.75 Å². The maximum absolute atomic E-state index is 13.9. The molecule has 0 radical (unpaired) electrons. The van der Waals surface area contributed by atoms with Crippen molar-refractivity contribution in [3.05, 3.63) is 22.7 Å². The molecule has 118 valence electrons. The fourth-order valence-electron chi connectivity index (χ4n) is 2.58. The van der Waals surface area contributed by atoms with Crippen LogP contribution < -0.4 is 0 Å². The van der Waals surface area contributed by atoms with Gasteiger partial charge >= 0.3 is 0 Å². The van der Waals surface area contributed by atoms with E-state index in [0.717, 1.165) is 36.0 Å². The summed E-state index contributed by atoms with van der Waals surface area (Å²) < 4.78 is 27.5. The van der Waals surface area contributed by atoms with Crippen LogP contribution in [0.1, 0.15) is 45.5 Å². The monoisotopic (exact) mass is 324 g/mol. The molecule has 0 bridgehead atoms. The fraction of sp³-hybridized carbons (Fsp3) is 0.500. The highest BCUT2D eigenvalue weighted by Crippen LogP contribution is 2.43. The molecule has 2 heterocycles. The van der Waals surface area contributed by atoms with E-state index in [0.29, 0.717) is 5.01 Å². The smallest absolute Gasteiger partial charge is 0.189 e. The van der Waals surface area contributed by atoms with Crippen LogP contribution in [0.25, 0.3) is 10.2 Å². The predicted octanol–water partition coefficient (Wildman–Crippen LogP) is 4.67. The van der Waals surface area contributed by atoms with E-state index in [1.165, 1.54) is 0 Å². The first-order valence-electron chi connectivity index (χ1n) is 7.19. The number of hydrogen-bond donors (Lipinski definition) is 1. The Morgan fingerprint density at radius 2 is 2.00 bits per heavy atom. The lowest BCUT2D eigenvalue weighted by Crippen LogP contribution is -2.35. The lowest BCUT2D eigenvalue weighted by atomic mass is 9.74. The second-order valence-corrected chi connectivity index (χ2v) is 7.97. The van der Waals surface area contributed by atoms with Crippen LogP contribution in [0, 0.1) is 17.0 Å². The number of thiazole rings is 1. The first kappa shape index (κ1) is 15.3. The predicted molar refractivity (Wildman–Crippen MR) is 84.8 cm³/mol. The van der Waals surface area contributed by atoms with Gasteiger partial charge in [0.15, 0.2) is 17.4 Å². The summed E-state index contributed by atoms with van der Waals surface area (Å²) in [6.45, 7) is 8.54. The molecule has 3 nitrogen and oxygen atoms in total. The largest absolute Gasteiger partial charge is 0.503 e. The third-order valence-corrected chi connectivity index (χ3v) is 5.76. The molecule has 0 spiro atoms. The van der Waals surface area contributed by atoms with Crippen LogP contribution >= 0.6 is 11.3 Å². The summed E-state index contributed by atoms with van der Waals surface area (Å²) in [6.07, 6.45) is 1.67. The molecule has 3 rings (SSSR count). The van der Waals surface area contributed by atoms with Crippen LogP contribution in [0.2, 0.25) is 0 Å². The molecule has 6 heteroatoms. The van der Waals surface area contributed by atoms with Crippen molar-refractivity contribution in [2.75, 3.05) is 0 Å². The summed E-state index contributed by atoms with van der Waals surface area (Å²) in [5, 5.41) is 9.97. The lowest BCUT2D eigenvalue weighted by molar-refractivity contribution is 0.211. The molecule has 1 N–H and O–H groups in total. The van der Waals surface area contributed by atoms with Gasteiger partial charge in [0.05, 0.1) is 21.5 Å². The standard InChI is InChI=1S/C16H18F2N2OS/c1-15(2,3)16(4)6-5-9(20-16)14-19-10-7-8(17)12(21)11(18)13(10)22-14/h7,21H,5-6H2,1-4H3. The summed E-state index contributed by atoms with van der Waals surface area (Å²) in [5.74, 6) is -2.89. The minimum absolute atomic E-state index is 0.0149. The first-order valence-corrected chi connectivity index (χ1v) is 8.01. The third kappa shape index (κ3) is 2.20. The quantitative estimate of drug-likeness (QED) is 0.828. The molecule has 1 aromatic carbocycles. The number of hydrogen-bond acceptors (Lipinski definition) is 4. The van der Waals surface area contributed by atoms with Gasteiger partial charge in [0.2, 0.25) is 0 Å². The van der Waals surface area contributed by atoms with E-state index < -0.39 is 17.4 Å². The summed E-state index contributed by atoms with van der Waals surface area (Å²) in [7, 11) is 0. The molecule has 1 aliphatic heterocycles. The zero-order valence-electron chi connectivity index (χ0n) is 13.0. The van der Waals surface area contributed by atoms with Crippen LogP contribution in [0.3, 0.4) is 0 Å². The molecule has 0 saturated carbocycles. The number of phenols is 1. The maximum Gasteiger partial charge on any atom is 0.189 e. The number of phenolic OH excluding ortho intramolecular Hbond substituents is 1. The molecular weight excluding hydrogens is 306 g/mol. The number of halogens is 2. The van der Waals surface area contributed by atoms with Crippen molar-refractivity contribution in [2.45, 2.75) is 46.1 Å². The Morgan fingerprint density at radius 3 is 2.59 bits per heavy atom. The number of aromatic hydroxyl groups is 1. The fourth-order valence-corrected chi connectivity index (χ4v) is 3.58. The van der Waals surface area contributed by atoms with Gasteiger partial charge in [-0.3, -0.25) is 4.99 Å². The molecule has 0 fully saturated rings. The molecule has 1 aromatic heterocycles. The van der Waals surface area contributed by atoms with E-state index in [9.17, 15) is 13.9 Å². The second kappa shape index (κ2) is 4.72. The van der Waals surface area contributed by atoms with Crippen molar-refractivity contribution in [1.29, 1.82) is 0 Å². The molecule has 0 aliphatic carbocycles. The number of aliphatic imine (C=N–C) groups is 1.